The van der Waals surface area contributed by atoms with E-state index < -0.39 is 0 Å². The summed E-state index contributed by atoms with van der Waals surface area (Å²) in [5.41, 5.74) is 0.551. The number of methoxy groups -OCH3 is 1. The van der Waals surface area contributed by atoms with Crippen molar-refractivity contribution in [2.24, 2.45) is 0 Å². The standard InChI is InChI=1S/C10H10I2O3/c1-3-15-10(13)6-4-9(14-2)8(12)5-7(6)11/h4-5H,3H2,1-2H3. The molecule has 0 fully saturated rings. The molecule has 1 aromatic rings. The lowest BCUT2D eigenvalue weighted by Crippen LogP contribution is -2.07. The average Bonchev–Trinajstić information content (AvgIpc) is 2.18. The lowest BCUT2D eigenvalue weighted by Gasteiger charge is -2.08. The smallest absolute Gasteiger partial charge is 0.339 e. The molecule has 0 atom stereocenters. The van der Waals surface area contributed by atoms with Crippen LogP contribution in [0.4, 0.5) is 0 Å². The van der Waals surface area contributed by atoms with Crippen LogP contribution in [-0.4, -0.2) is 19.7 Å². The molecular formula is C10H10I2O3. The summed E-state index contributed by atoms with van der Waals surface area (Å²) in [6.07, 6.45) is 0. The zero-order valence-corrected chi connectivity index (χ0v) is 12.7. The molecular weight excluding hydrogens is 422 g/mol. The Morgan fingerprint density at radius 2 is 2.00 bits per heavy atom. The van der Waals surface area contributed by atoms with Crippen LogP contribution in [0.3, 0.4) is 0 Å². The molecule has 3 nitrogen and oxygen atoms in total. The summed E-state index contributed by atoms with van der Waals surface area (Å²) < 4.78 is 11.9. The Morgan fingerprint density at radius 1 is 1.33 bits per heavy atom. The molecule has 0 aliphatic rings. The quantitative estimate of drug-likeness (QED) is 0.545. The zero-order valence-electron chi connectivity index (χ0n) is 8.34. The molecule has 0 aliphatic heterocycles. The molecule has 1 aromatic carbocycles. The van der Waals surface area contributed by atoms with Crippen LogP contribution < -0.4 is 4.74 Å². The number of benzene rings is 1. The molecule has 82 valence electrons. The van der Waals surface area contributed by atoms with Crippen LogP contribution >= 0.6 is 45.2 Å². The summed E-state index contributed by atoms with van der Waals surface area (Å²) in [5.74, 6) is 0.385. The molecule has 0 aromatic heterocycles. The molecule has 0 amide bonds. The van der Waals surface area contributed by atoms with E-state index in [0.717, 1.165) is 7.14 Å². The van der Waals surface area contributed by atoms with Crippen molar-refractivity contribution in [3.05, 3.63) is 24.8 Å². The Kier molecular flexibility index (Phi) is 5.10. The van der Waals surface area contributed by atoms with E-state index in [1.807, 2.05) is 6.07 Å². The molecule has 15 heavy (non-hydrogen) atoms. The third-order valence-corrected chi connectivity index (χ3v) is 3.47. The second-order valence-corrected chi connectivity index (χ2v) is 5.01. The van der Waals surface area contributed by atoms with Crippen LogP contribution in [0.1, 0.15) is 17.3 Å². The van der Waals surface area contributed by atoms with Crippen molar-refractivity contribution in [1.82, 2.24) is 0 Å². The maximum Gasteiger partial charge on any atom is 0.339 e. The molecule has 1 rings (SSSR count). The van der Waals surface area contributed by atoms with Gasteiger partial charge in [0.05, 0.1) is 22.9 Å². The van der Waals surface area contributed by atoms with Gasteiger partial charge in [0.1, 0.15) is 5.75 Å². The van der Waals surface area contributed by atoms with Crippen LogP contribution in [0.25, 0.3) is 0 Å². The number of carbonyl (C=O) groups excluding carboxylic acids is 1. The maximum atomic E-state index is 11.6. The number of hydrogen-bond acceptors (Lipinski definition) is 3. The van der Waals surface area contributed by atoms with Gasteiger partial charge in [0.2, 0.25) is 0 Å². The van der Waals surface area contributed by atoms with Crippen molar-refractivity contribution in [2.45, 2.75) is 6.92 Å². The van der Waals surface area contributed by atoms with Crippen LogP contribution in [0, 0.1) is 7.14 Å². The maximum absolute atomic E-state index is 11.6. The number of carbonyl (C=O) groups is 1. The van der Waals surface area contributed by atoms with Gasteiger partial charge in [-0.15, -0.1) is 0 Å². The lowest BCUT2D eigenvalue weighted by atomic mass is 10.2. The van der Waals surface area contributed by atoms with Gasteiger partial charge in [0, 0.05) is 3.57 Å². The van der Waals surface area contributed by atoms with Crippen molar-refractivity contribution < 1.29 is 14.3 Å². The van der Waals surface area contributed by atoms with Crippen molar-refractivity contribution in [3.8, 4) is 5.75 Å². The zero-order chi connectivity index (χ0) is 11.4. The van der Waals surface area contributed by atoms with E-state index in [-0.39, 0.29) is 5.97 Å². The predicted octanol–water partition coefficient (Wildman–Crippen LogP) is 3.08. The first-order chi connectivity index (χ1) is 7.10. The number of ether oxygens (including phenoxy) is 2. The van der Waals surface area contributed by atoms with E-state index >= 15 is 0 Å². The van der Waals surface area contributed by atoms with Crippen LogP contribution in [-0.2, 0) is 4.74 Å². The molecule has 0 saturated heterocycles. The Bertz CT molecular complexity index is 377. The first-order valence-corrected chi connectivity index (χ1v) is 6.46. The third kappa shape index (κ3) is 3.20. The third-order valence-electron chi connectivity index (χ3n) is 1.74. The van der Waals surface area contributed by atoms with Gasteiger partial charge >= 0.3 is 5.97 Å². The van der Waals surface area contributed by atoms with E-state index in [0.29, 0.717) is 17.9 Å². The summed E-state index contributed by atoms with van der Waals surface area (Å²) in [7, 11) is 1.58. The average molecular weight is 432 g/mol. The van der Waals surface area contributed by atoms with Crippen molar-refractivity contribution in [3.63, 3.8) is 0 Å². The molecule has 0 saturated carbocycles. The first-order valence-electron chi connectivity index (χ1n) is 4.30. The highest BCUT2D eigenvalue weighted by Gasteiger charge is 2.14. The fraction of sp³-hybridized carbons (Fsp3) is 0.300. The molecule has 0 unspecified atom stereocenters. The van der Waals surface area contributed by atoms with E-state index in [1.54, 1.807) is 20.1 Å². The topological polar surface area (TPSA) is 35.5 Å². The van der Waals surface area contributed by atoms with Crippen molar-refractivity contribution in [1.29, 1.82) is 0 Å². The van der Waals surface area contributed by atoms with Gasteiger partial charge in [-0.05, 0) is 64.2 Å². The summed E-state index contributed by atoms with van der Waals surface area (Å²) in [6, 6.07) is 3.60. The fourth-order valence-corrected chi connectivity index (χ4v) is 3.02. The molecule has 0 spiro atoms. The number of esters is 1. The fourth-order valence-electron chi connectivity index (χ4n) is 1.05. The molecule has 0 heterocycles. The van der Waals surface area contributed by atoms with E-state index in [4.69, 9.17) is 9.47 Å². The van der Waals surface area contributed by atoms with Gasteiger partial charge in [-0.3, -0.25) is 0 Å². The highest BCUT2D eigenvalue weighted by atomic mass is 127. The van der Waals surface area contributed by atoms with E-state index in [2.05, 4.69) is 45.2 Å². The van der Waals surface area contributed by atoms with Gasteiger partial charge in [0.15, 0.2) is 0 Å². The Labute approximate surface area is 116 Å². The summed E-state index contributed by atoms with van der Waals surface area (Å²) in [6.45, 7) is 2.16. The normalized spacial score (nSPS) is 9.87. The minimum Gasteiger partial charge on any atom is -0.496 e. The second-order valence-electron chi connectivity index (χ2n) is 2.69. The van der Waals surface area contributed by atoms with Gasteiger partial charge < -0.3 is 9.47 Å². The Morgan fingerprint density at radius 3 is 2.53 bits per heavy atom. The SMILES string of the molecule is CCOC(=O)c1cc(OC)c(I)cc1I. The summed E-state index contributed by atoms with van der Waals surface area (Å²) in [5, 5.41) is 0. The first kappa shape index (κ1) is 13.0. The van der Waals surface area contributed by atoms with Crippen LogP contribution in [0.5, 0.6) is 5.75 Å². The molecule has 5 heteroatoms. The molecule has 0 aliphatic carbocycles. The van der Waals surface area contributed by atoms with Gasteiger partial charge in [0.25, 0.3) is 0 Å². The number of halogens is 2. The molecule has 0 bridgehead atoms. The number of rotatable bonds is 3. The minimum absolute atomic E-state index is 0.309. The number of hydrogen-bond donors (Lipinski definition) is 0. The van der Waals surface area contributed by atoms with E-state index in [9.17, 15) is 4.79 Å². The van der Waals surface area contributed by atoms with Gasteiger partial charge in [-0.25, -0.2) is 4.79 Å². The second kappa shape index (κ2) is 5.88. The highest BCUT2D eigenvalue weighted by Crippen LogP contribution is 2.26. The van der Waals surface area contributed by atoms with E-state index in [1.165, 1.54) is 0 Å². The summed E-state index contributed by atoms with van der Waals surface area (Å²) >= 11 is 4.28. The lowest BCUT2D eigenvalue weighted by molar-refractivity contribution is 0.0524. The Balaban J connectivity index is 3.12. The Hall–Kier alpha value is -0.0500. The molecule has 0 radical (unpaired) electrons. The van der Waals surface area contributed by atoms with Crippen LogP contribution in [0.2, 0.25) is 0 Å². The largest absolute Gasteiger partial charge is 0.496 e. The van der Waals surface area contributed by atoms with Crippen molar-refractivity contribution >= 4 is 51.2 Å². The minimum atomic E-state index is -0.309. The van der Waals surface area contributed by atoms with Gasteiger partial charge in [-0.1, -0.05) is 0 Å². The molecule has 0 N–H and O–H groups in total. The summed E-state index contributed by atoms with van der Waals surface area (Å²) in [4.78, 5) is 11.6. The van der Waals surface area contributed by atoms with Crippen LogP contribution in [0.15, 0.2) is 12.1 Å². The van der Waals surface area contributed by atoms with Gasteiger partial charge in [-0.2, -0.15) is 0 Å². The van der Waals surface area contributed by atoms with Crippen molar-refractivity contribution in [2.75, 3.05) is 13.7 Å². The monoisotopic (exact) mass is 432 g/mol. The predicted molar refractivity (Wildman–Crippen MR) is 74.4 cm³/mol. The highest BCUT2D eigenvalue weighted by molar-refractivity contribution is 14.1.